The normalized spacial score (nSPS) is 19.1. The van der Waals surface area contributed by atoms with Gasteiger partial charge in [0.25, 0.3) is 0 Å². The highest BCUT2D eigenvalue weighted by molar-refractivity contribution is 6.30. The van der Waals surface area contributed by atoms with Crippen LogP contribution in [-0.2, 0) is 11.3 Å². The van der Waals surface area contributed by atoms with Crippen LogP contribution in [0.1, 0.15) is 18.9 Å². The summed E-state index contributed by atoms with van der Waals surface area (Å²) in [6.45, 7) is 7.00. The van der Waals surface area contributed by atoms with Crippen molar-refractivity contribution in [3.05, 3.63) is 28.8 Å². The van der Waals surface area contributed by atoms with E-state index in [-0.39, 0.29) is 0 Å². The molecule has 0 radical (unpaired) electrons. The Morgan fingerprint density at radius 1 is 1.47 bits per heavy atom. The highest BCUT2D eigenvalue weighted by atomic mass is 35.5. The van der Waals surface area contributed by atoms with Crippen molar-refractivity contribution in [2.24, 2.45) is 5.92 Å². The number of hydrogen-bond donors (Lipinski definition) is 1. The SMILES string of the molecule is CCNCc1ccc(Cl)cc1N1CCC(COC)C1. The molecule has 1 fully saturated rings. The largest absolute Gasteiger partial charge is 0.384 e. The average Bonchev–Trinajstić information content (AvgIpc) is 2.86. The van der Waals surface area contributed by atoms with Crippen molar-refractivity contribution in [3.8, 4) is 0 Å². The fourth-order valence-corrected chi connectivity index (χ4v) is 2.83. The molecular weight excluding hydrogens is 260 g/mol. The Kier molecular flexibility index (Phi) is 5.49. The average molecular weight is 283 g/mol. The number of methoxy groups -OCH3 is 1. The standard InChI is InChI=1S/C15H23ClN2O/c1-3-17-9-13-4-5-14(16)8-15(13)18-7-6-12(10-18)11-19-2/h4-5,8,12,17H,3,6-7,9-11H2,1-2H3. The number of anilines is 1. The maximum atomic E-state index is 6.16. The Bertz CT molecular complexity index is 411. The van der Waals surface area contributed by atoms with Crippen molar-refractivity contribution in [1.82, 2.24) is 5.32 Å². The van der Waals surface area contributed by atoms with Crippen LogP contribution in [-0.4, -0.2) is 33.4 Å². The summed E-state index contributed by atoms with van der Waals surface area (Å²) in [5.41, 5.74) is 2.59. The van der Waals surface area contributed by atoms with E-state index >= 15 is 0 Å². The van der Waals surface area contributed by atoms with Crippen LogP contribution in [0.2, 0.25) is 5.02 Å². The van der Waals surface area contributed by atoms with Gasteiger partial charge in [-0.25, -0.2) is 0 Å². The van der Waals surface area contributed by atoms with Gasteiger partial charge in [-0.3, -0.25) is 0 Å². The highest BCUT2D eigenvalue weighted by Gasteiger charge is 2.24. The summed E-state index contributed by atoms with van der Waals surface area (Å²) in [6.07, 6.45) is 1.20. The summed E-state index contributed by atoms with van der Waals surface area (Å²) in [4.78, 5) is 2.43. The fourth-order valence-electron chi connectivity index (χ4n) is 2.66. The Balaban J connectivity index is 2.11. The van der Waals surface area contributed by atoms with Gasteiger partial charge in [-0.15, -0.1) is 0 Å². The molecule has 0 spiro atoms. The second kappa shape index (κ2) is 7.13. The molecule has 1 aliphatic heterocycles. The molecule has 0 bridgehead atoms. The monoisotopic (exact) mass is 282 g/mol. The number of hydrogen-bond acceptors (Lipinski definition) is 3. The second-order valence-electron chi connectivity index (χ2n) is 5.11. The van der Waals surface area contributed by atoms with Gasteiger partial charge in [-0.05, 0) is 30.7 Å². The molecule has 1 unspecified atom stereocenters. The van der Waals surface area contributed by atoms with Crippen molar-refractivity contribution < 1.29 is 4.74 Å². The van der Waals surface area contributed by atoms with Crippen molar-refractivity contribution in [2.75, 3.05) is 38.3 Å². The first-order chi connectivity index (χ1) is 9.24. The van der Waals surface area contributed by atoms with E-state index in [9.17, 15) is 0 Å². The summed E-state index contributed by atoms with van der Waals surface area (Å²) in [5.74, 6) is 0.635. The maximum absolute atomic E-state index is 6.16. The van der Waals surface area contributed by atoms with E-state index in [2.05, 4.69) is 29.3 Å². The van der Waals surface area contributed by atoms with Gasteiger partial charge >= 0.3 is 0 Å². The molecule has 1 aromatic rings. The molecule has 0 amide bonds. The number of benzene rings is 1. The van der Waals surface area contributed by atoms with Crippen molar-refractivity contribution in [3.63, 3.8) is 0 Å². The Morgan fingerprint density at radius 3 is 3.05 bits per heavy atom. The predicted octanol–water partition coefficient (Wildman–Crippen LogP) is 2.92. The minimum Gasteiger partial charge on any atom is -0.384 e. The molecule has 3 nitrogen and oxygen atoms in total. The lowest BCUT2D eigenvalue weighted by Crippen LogP contribution is -2.23. The van der Waals surface area contributed by atoms with Crippen LogP contribution >= 0.6 is 11.6 Å². The number of ether oxygens (including phenoxy) is 1. The van der Waals surface area contributed by atoms with Gasteiger partial charge < -0.3 is 15.0 Å². The van der Waals surface area contributed by atoms with Crippen LogP contribution in [0, 0.1) is 5.92 Å². The summed E-state index contributed by atoms with van der Waals surface area (Å²) in [7, 11) is 1.78. The van der Waals surface area contributed by atoms with Crippen LogP contribution in [0.5, 0.6) is 0 Å². The molecule has 2 rings (SSSR count). The zero-order valence-corrected chi connectivity index (χ0v) is 12.5. The van der Waals surface area contributed by atoms with Crippen molar-refractivity contribution >= 4 is 17.3 Å². The van der Waals surface area contributed by atoms with E-state index in [1.807, 2.05) is 6.07 Å². The van der Waals surface area contributed by atoms with Gasteiger partial charge in [0.05, 0.1) is 6.61 Å². The quantitative estimate of drug-likeness (QED) is 0.868. The van der Waals surface area contributed by atoms with E-state index in [0.717, 1.165) is 37.8 Å². The van der Waals surface area contributed by atoms with Gasteiger partial charge in [-0.1, -0.05) is 24.6 Å². The Labute approximate surface area is 120 Å². The van der Waals surface area contributed by atoms with E-state index in [4.69, 9.17) is 16.3 Å². The Morgan fingerprint density at radius 2 is 2.32 bits per heavy atom. The zero-order valence-electron chi connectivity index (χ0n) is 11.8. The van der Waals surface area contributed by atoms with E-state index < -0.39 is 0 Å². The van der Waals surface area contributed by atoms with Gasteiger partial charge in [0.1, 0.15) is 0 Å². The molecule has 1 heterocycles. The maximum Gasteiger partial charge on any atom is 0.0508 e. The minimum absolute atomic E-state index is 0.635. The van der Waals surface area contributed by atoms with Crippen LogP contribution in [0.4, 0.5) is 5.69 Å². The number of rotatable bonds is 6. The van der Waals surface area contributed by atoms with E-state index in [1.165, 1.54) is 17.7 Å². The lowest BCUT2D eigenvalue weighted by atomic mass is 10.1. The first-order valence-corrected chi connectivity index (χ1v) is 7.35. The smallest absolute Gasteiger partial charge is 0.0508 e. The summed E-state index contributed by atoms with van der Waals surface area (Å²) in [6, 6.07) is 6.19. The number of halogens is 1. The lowest BCUT2D eigenvalue weighted by Gasteiger charge is -2.22. The van der Waals surface area contributed by atoms with Gasteiger partial charge in [0.15, 0.2) is 0 Å². The molecule has 0 aliphatic carbocycles. The van der Waals surface area contributed by atoms with E-state index in [0.29, 0.717) is 5.92 Å². The first kappa shape index (κ1) is 14.6. The second-order valence-corrected chi connectivity index (χ2v) is 5.55. The molecule has 106 valence electrons. The van der Waals surface area contributed by atoms with Gasteiger partial charge in [0.2, 0.25) is 0 Å². The molecule has 1 aromatic carbocycles. The molecule has 19 heavy (non-hydrogen) atoms. The van der Waals surface area contributed by atoms with Crippen LogP contribution in [0.15, 0.2) is 18.2 Å². The first-order valence-electron chi connectivity index (χ1n) is 6.97. The zero-order chi connectivity index (χ0) is 13.7. The topological polar surface area (TPSA) is 24.5 Å². The lowest BCUT2D eigenvalue weighted by molar-refractivity contribution is 0.161. The third-order valence-electron chi connectivity index (χ3n) is 3.64. The number of nitrogens with one attached hydrogen (secondary N) is 1. The molecule has 4 heteroatoms. The summed E-state index contributed by atoms with van der Waals surface area (Å²) >= 11 is 6.16. The fraction of sp³-hybridized carbons (Fsp3) is 0.600. The van der Waals surface area contributed by atoms with Gasteiger partial charge in [0, 0.05) is 43.4 Å². The highest BCUT2D eigenvalue weighted by Crippen LogP contribution is 2.29. The number of nitrogens with zero attached hydrogens (tertiary/aromatic N) is 1. The molecule has 1 saturated heterocycles. The molecule has 1 atom stereocenters. The van der Waals surface area contributed by atoms with Crippen LogP contribution < -0.4 is 10.2 Å². The molecule has 0 saturated carbocycles. The molecule has 1 aliphatic rings. The third kappa shape index (κ3) is 3.85. The Hall–Kier alpha value is -0.770. The molecule has 1 N–H and O–H groups in total. The molecular formula is C15H23ClN2O. The molecule has 0 aromatic heterocycles. The summed E-state index contributed by atoms with van der Waals surface area (Å²) in [5, 5.41) is 4.20. The van der Waals surface area contributed by atoms with Crippen molar-refractivity contribution in [1.29, 1.82) is 0 Å². The van der Waals surface area contributed by atoms with E-state index in [1.54, 1.807) is 7.11 Å². The minimum atomic E-state index is 0.635. The van der Waals surface area contributed by atoms with Gasteiger partial charge in [-0.2, -0.15) is 0 Å². The predicted molar refractivity (Wildman–Crippen MR) is 81.0 cm³/mol. The van der Waals surface area contributed by atoms with Crippen molar-refractivity contribution in [2.45, 2.75) is 19.9 Å². The summed E-state index contributed by atoms with van der Waals surface area (Å²) < 4.78 is 5.26. The third-order valence-corrected chi connectivity index (χ3v) is 3.88. The van der Waals surface area contributed by atoms with Crippen LogP contribution in [0.3, 0.4) is 0 Å². The van der Waals surface area contributed by atoms with Crippen LogP contribution in [0.25, 0.3) is 0 Å².